The monoisotopic (exact) mass is 1100 g/mol. The molecule has 0 radical (unpaired) electrons. The predicted octanol–water partition coefficient (Wildman–Crippen LogP) is 12.3. The summed E-state index contributed by atoms with van der Waals surface area (Å²) >= 11 is 44.2. The van der Waals surface area contributed by atoms with E-state index >= 15 is 0 Å². The number of rotatable bonds is 2. The van der Waals surface area contributed by atoms with E-state index in [-0.39, 0.29) is 0 Å². The zero-order valence-corrected chi connectivity index (χ0v) is 30.1. The molecule has 0 N–H and O–H groups in total. The van der Waals surface area contributed by atoms with Crippen molar-refractivity contribution in [2.75, 3.05) is 0 Å². The van der Waals surface area contributed by atoms with Crippen molar-refractivity contribution < 1.29 is 0 Å². The van der Waals surface area contributed by atoms with Crippen molar-refractivity contribution in [3.05, 3.63) is 55.9 Å². The Bertz CT molecular complexity index is 756. The molecule has 0 unspecified atom stereocenters. The summed E-state index contributed by atoms with van der Waals surface area (Å²) in [5, 5.41) is 0. The van der Waals surface area contributed by atoms with Crippen molar-refractivity contribution in [1.29, 1.82) is 0 Å². The minimum atomic E-state index is -0.729. The number of alkyl halides is 2. The molecule has 0 saturated heterocycles. The molecule has 0 aliphatic carbocycles. The molecule has 0 aliphatic rings. The normalized spacial score (nSPS) is 12.0. The van der Waals surface area contributed by atoms with Gasteiger partial charge in [-0.25, -0.2) is 0 Å². The van der Waals surface area contributed by atoms with Gasteiger partial charge in [-0.2, -0.15) is 0 Å². The van der Waals surface area contributed by atoms with Gasteiger partial charge in [0.25, 0.3) is 0 Å². The van der Waals surface area contributed by atoms with Crippen LogP contribution in [0.1, 0.15) is 11.1 Å². The van der Waals surface area contributed by atoms with E-state index in [2.05, 4.69) is 191 Å². The van der Waals surface area contributed by atoms with Crippen LogP contribution >= 0.6 is 191 Å². The van der Waals surface area contributed by atoms with E-state index < -0.39 is 3.23 Å². The van der Waals surface area contributed by atoms with Crippen molar-refractivity contribution in [3.8, 4) is 0 Å². The van der Waals surface area contributed by atoms with Gasteiger partial charge in [-0.3, -0.25) is 0 Å². The Morgan fingerprint density at radius 3 is 0.680 bits per heavy atom. The highest BCUT2D eigenvalue weighted by Crippen LogP contribution is 2.60. The van der Waals surface area contributed by atoms with Gasteiger partial charge in [0, 0.05) is 55.9 Å². The summed E-state index contributed by atoms with van der Waals surface area (Å²) in [6.07, 6.45) is 0. The molecule has 0 saturated carbocycles. The summed E-state index contributed by atoms with van der Waals surface area (Å²) in [5.74, 6) is 0. The van der Waals surface area contributed by atoms with Gasteiger partial charge in [0.1, 0.15) is 3.23 Å². The fourth-order valence-corrected chi connectivity index (χ4v) is 12.9. The first kappa shape index (κ1) is 25.5. The zero-order chi connectivity index (χ0) is 19.4. The lowest BCUT2D eigenvalue weighted by Crippen LogP contribution is -2.16. The van der Waals surface area contributed by atoms with Crippen molar-refractivity contribution in [3.63, 3.8) is 0 Å². The Kier molecular flexibility index (Phi) is 9.95. The third-order valence-electron chi connectivity index (χ3n) is 3.05. The number of hydrogen-bond donors (Lipinski definition) is 0. The second-order valence-electron chi connectivity index (χ2n) is 4.46. The summed E-state index contributed by atoms with van der Waals surface area (Å²) in [6, 6.07) is 0. The SMILES string of the molecule is Brc1c(Br)c(Br)c(C(Br)(Br)c2c(Br)c(Br)c(Br)c(Br)c2Br)c(Br)c1Br. The topological polar surface area (TPSA) is 0 Å². The lowest BCUT2D eigenvalue weighted by molar-refractivity contribution is 1.05. The fraction of sp³-hybridized carbons (Fsp3) is 0.0769. The summed E-state index contributed by atoms with van der Waals surface area (Å²) < 4.78 is 8.19. The summed E-state index contributed by atoms with van der Waals surface area (Å²) in [4.78, 5) is 0. The minimum Gasteiger partial charge on any atom is -0.0619 e. The van der Waals surface area contributed by atoms with Crippen LogP contribution in [0.3, 0.4) is 0 Å². The Balaban J connectivity index is 2.96. The molecule has 2 aromatic carbocycles. The van der Waals surface area contributed by atoms with E-state index in [0.29, 0.717) is 0 Å². The van der Waals surface area contributed by atoms with Crippen LogP contribution in [-0.2, 0) is 3.23 Å². The van der Waals surface area contributed by atoms with Crippen molar-refractivity contribution in [2.45, 2.75) is 3.23 Å². The Labute approximate surface area is 245 Å². The number of benzene rings is 2. The third kappa shape index (κ3) is 4.70. The standard InChI is InChI=1S/C13Br12/c14-3-1(4(15)8(19)11(22)7(3)18)13(24,25)2-5(16)9(20)12(23)10(21)6(2)17. The first-order chi connectivity index (χ1) is 11.4. The largest absolute Gasteiger partial charge is 0.135 e. The number of halogens is 12. The maximum Gasteiger partial charge on any atom is 0.135 e. The van der Waals surface area contributed by atoms with Crippen LogP contribution in [0.25, 0.3) is 0 Å². The molecule has 25 heavy (non-hydrogen) atoms. The van der Waals surface area contributed by atoms with E-state index in [1.807, 2.05) is 0 Å². The first-order valence-corrected chi connectivity index (χ1v) is 15.3. The van der Waals surface area contributed by atoms with Crippen LogP contribution in [-0.4, -0.2) is 0 Å². The highest BCUT2D eigenvalue weighted by Gasteiger charge is 2.39. The maximum absolute atomic E-state index is 3.87. The van der Waals surface area contributed by atoms with Crippen LogP contribution < -0.4 is 0 Å². The molecule has 0 nitrogen and oxygen atoms in total. The molecule has 0 heterocycles. The molecule has 0 fully saturated rings. The molecule has 0 amide bonds. The molecule has 0 bridgehead atoms. The lowest BCUT2D eigenvalue weighted by atomic mass is 10.0. The number of hydrogen-bond acceptors (Lipinski definition) is 0. The molecule has 0 atom stereocenters. The van der Waals surface area contributed by atoms with E-state index in [4.69, 9.17) is 0 Å². The molecule has 12 heteroatoms. The van der Waals surface area contributed by atoms with Gasteiger partial charge >= 0.3 is 0 Å². The average Bonchev–Trinajstić information content (AvgIpc) is 2.54. The summed E-state index contributed by atoms with van der Waals surface area (Å²) in [6.45, 7) is 0. The van der Waals surface area contributed by atoms with Gasteiger partial charge in [0.05, 0.1) is 0 Å². The minimum absolute atomic E-state index is 0.729. The van der Waals surface area contributed by atoms with Crippen LogP contribution in [0.5, 0.6) is 0 Å². The maximum atomic E-state index is 3.87. The quantitative estimate of drug-likeness (QED) is 0.160. The highest BCUT2D eigenvalue weighted by atomic mass is 79.9. The molecule has 0 aliphatic heterocycles. The summed E-state index contributed by atoms with van der Waals surface area (Å²) in [7, 11) is 0. The van der Waals surface area contributed by atoms with Crippen LogP contribution in [0.4, 0.5) is 0 Å². The Hall–Kier alpha value is 4.20. The Morgan fingerprint density at radius 1 is 0.320 bits per heavy atom. The molecule has 0 spiro atoms. The fourth-order valence-electron chi connectivity index (χ4n) is 1.89. The average molecular weight is 1110 g/mol. The molecular formula is C13Br12. The predicted molar refractivity (Wildman–Crippen MR) is 149 cm³/mol. The van der Waals surface area contributed by atoms with E-state index in [9.17, 15) is 0 Å². The van der Waals surface area contributed by atoms with E-state index in [0.717, 1.165) is 55.9 Å². The third-order valence-corrected chi connectivity index (χ3v) is 16.8. The highest BCUT2D eigenvalue weighted by molar-refractivity contribution is 9.25. The molecule has 2 rings (SSSR count). The lowest BCUT2D eigenvalue weighted by Gasteiger charge is -2.29. The van der Waals surface area contributed by atoms with Gasteiger partial charge in [-0.1, -0.05) is 31.9 Å². The van der Waals surface area contributed by atoms with Gasteiger partial charge in [0.15, 0.2) is 0 Å². The van der Waals surface area contributed by atoms with Gasteiger partial charge < -0.3 is 0 Å². The Morgan fingerprint density at radius 2 is 0.480 bits per heavy atom. The first-order valence-electron chi connectivity index (χ1n) is 5.77. The smallest absolute Gasteiger partial charge is 0.0619 e. The van der Waals surface area contributed by atoms with Crippen molar-refractivity contribution in [1.82, 2.24) is 0 Å². The van der Waals surface area contributed by atoms with Crippen LogP contribution in [0, 0.1) is 0 Å². The molecule has 2 aromatic rings. The van der Waals surface area contributed by atoms with Crippen LogP contribution in [0.15, 0.2) is 44.7 Å². The van der Waals surface area contributed by atoms with Crippen molar-refractivity contribution in [2.24, 2.45) is 0 Å². The van der Waals surface area contributed by atoms with Gasteiger partial charge in [0.2, 0.25) is 0 Å². The van der Waals surface area contributed by atoms with Gasteiger partial charge in [-0.15, -0.1) is 0 Å². The second kappa shape index (κ2) is 9.77. The van der Waals surface area contributed by atoms with E-state index in [1.165, 1.54) is 0 Å². The summed E-state index contributed by atoms with van der Waals surface area (Å²) in [5.41, 5.74) is 1.88. The molecular weight excluding hydrogens is 1110 g/mol. The van der Waals surface area contributed by atoms with E-state index in [1.54, 1.807) is 0 Å². The van der Waals surface area contributed by atoms with Gasteiger partial charge in [-0.05, 0) is 159 Å². The molecule has 136 valence electrons. The molecule has 0 aromatic heterocycles. The second-order valence-corrected chi connectivity index (χ2v) is 15.8. The van der Waals surface area contributed by atoms with Crippen LogP contribution in [0.2, 0.25) is 0 Å². The zero-order valence-electron chi connectivity index (χ0n) is 11.0. The van der Waals surface area contributed by atoms with Crippen molar-refractivity contribution >= 4 is 191 Å².